The number of carbonyl (C=O) groups excluding carboxylic acids is 1. The van der Waals surface area contributed by atoms with Crippen molar-refractivity contribution in [3.63, 3.8) is 0 Å². The number of likely N-dealkylation sites (N-methyl/N-ethyl adjacent to an activating group) is 1. The standard InChI is InChI=1S/C19H20N2O3/c1-21(16-8-6-13-4-2-3-5-15(13)16)11-19(22)20-14-7-9-17-18(10-14)24-12-23-17/h2-5,7,9-10,16H,6,8,11-12H2,1H3,(H,20,22)/t16-/m1/s1. The van der Waals surface area contributed by atoms with Gasteiger partial charge in [0.25, 0.3) is 0 Å². The van der Waals surface area contributed by atoms with E-state index in [1.165, 1.54) is 11.1 Å². The minimum Gasteiger partial charge on any atom is -0.454 e. The van der Waals surface area contributed by atoms with Gasteiger partial charge in [-0.15, -0.1) is 0 Å². The summed E-state index contributed by atoms with van der Waals surface area (Å²) in [7, 11) is 2.01. The third-order valence-electron chi connectivity index (χ3n) is 4.68. The van der Waals surface area contributed by atoms with Crippen molar-refractivity contribution in [3.8, 4) is 11.5 Å². The van der Waals surface area contributed by atoms with Crippen LogP contribution in [0.15, 0.2) is 42.5 Å². The van der Waals surface area contributed by atoms with Crippen LogP contribution in [0.2, 0.25) is 0 Å². The Morgan fingerprint density at radius 2 is 2.04 bits per heavy atom. The van der Waals surface area contributed by atoms with Crippen molar-refractivity contribution in [3.05, 3.63) is 53.6 Å². The van der Waals surface area contributed by atoms with E-state index in [4.69, 9.17) is 9.47 Å². The molecule has 2 aliphatic rings. The number of benzene rings is 2. The fourth-order valence-corrected chi connectivity index (χ4v) is 3.50. The zero-order valence-corrected chi connectivity index (χ0v) is 13.6. The molecule has 24 heavy (non-hydrogen) atoms. The number of nitrogens with zero attached hydrogens (tertiary/aromatic N) is 1. The average Bonchev–Trinajstić information content (AvgIpc) is 3.20. The molecule has 0 saturated heterocycles. The van der Waals surface area contributed by atoms with E-state index in [-0.39, 0.29) is 12.7 Å². The molecule has 1 amide bonds. The molecule has 0 radical (unpaired) electrons. The summed E-state index contributed by atoms with van der Waals surface area (Å²) in [5.41, 5.74) is 3.46. The lowest BCUT2D eigenvalue weighted by Gasteiger charge is -2.24. The van der Waals surface area contributed by atoms with E-state index in [1.54, 1.807) is 6.07 Å². The van der Waals surface area contributed by atoms with Gasteiger partial charge in [0.05, 0.1) is 6.54 Å². The van der Waals surface area contributed by atoms with Gasteiger partial charge in [0.15, 0.2) is 11.5 Å². The molecule has 5 heteroatoms. The molecule has 0 aromatic heterocycles. The maximum absolute atomic E-state index is 12.4. The van der Waals surface area contributed by atoms with Gasteiger partial charge in [0.2, 0.25) is 12.7 Å². The van der Waals surface area contributed by atoms with Crippen LogP contribution in [0.5, 0.6) is 11.5 Å². The minimum atomic E-state index is -0.0271. The van der Waals surface area contributed by atoms with Gasteiger partial charge in [0.1, 0.15) is 0 Å². The summed E-state index contributed by atoms with van der Waals surface area (Å²) in [6, 6.07) is 14.2. The normalized spacial score (nSPS) is 17.8. The molecular weight excluding hydrogens is 304 g/mol. The number of hydrogen-bond acceptors (Lipinski definition) is 4. The van der Waals surface area contributed by atoms with Gasteiger partial charge in [-0.1, -0.05) is 24.3 Å². The summed E-state index contributed by atoms with van der Waals surface area (Å²) in [6.07, 6.45) is 2.14. The fraction of sp³-hybridized carbons (Fsp3) is 0.316. The molecule has 4 rings (SSSR count). The van der Waals surface area contributed by atoms with E-state index >= 15 is 0 Å². The van der Waals surface area contributed by atoms with Crippen LogP contribution in [0, 0.1) is 0 Å². The SMILES string of the molecule is CN(CC(=O)Nc1ccc2c(c1)OCO2)[C@@H]1CCc2ccccc21. The Morgan fingerprint density at radius 1 is 1.21 bits per heavy atom. The topological polar surface area (TPSA) is 50.8 Å². The van der Waals surface area contributed by atoms with Gasteiger partial charge in [-0.05, 0) is 43.1 Å². The van der Waals surface area contributed by atoms with Crippen molar-refractivity contribution in [1.82, 2.24) is 4.90 Å². The number of rotatable bonds is 4. The average molecular weight is 324 g/mol. The van der Waals surface area contributed by atoms with Crippen LogP contribution in [-0.4, -0.2) is 31.2 Å². The smallest absolute Gasteiger partial charge is 0.238 e. The maximum atomic E-state index is 12.4. The van der Waals surface area contributed by atoms with Crippen molar-refractivity contribution in [2.75, 3.05) is 25.7 Å². The number of anilines is 1. The Balaban J connectivity index is 1.39. The van der Waals surface area contributed by atoms with Gasteiger partial charge >= 0.3 is 0 Å². The molecule has 0 spiro atoms. The number of carbonyl (C=O) groups is 1. The lowest BCUT2D eigenvalue weighted by atomic mass is 10.1. The van der Waals surface area contributed by atoms with Gasteiger partial charge in [-0.25, -0.2) is 0 Å². The number of ether oxygens (including phenoxy) is 2. The fourth-order valence-electron chi connectivity index (χ4n) is 3.50. The van der Waals surface area contributed by atoms with Crippen LogP contribution < -0.4 is 14.8 Å². The molecule has 124 valence electrons. The Kier molecular flexibility index (Phi) is 3.86. The van der Waals surface area contributed by atoms with Crippen molar-refractivity contribution in [2.45, 2.75) is 18.9 Å². The van der Waals surface area contributed by atoms with Gasteiger partial charge in [-0.3, -0.25) is 9.69 Å². The highest BCUT2D eigenvalue weighted by Crippen LogP contribution is 2.35. The molecule has 1 heterocycles. The van der Waals surface area contributed by atoms with Gasteiger partial charge < -0.3 is 14.8 Å². The monoisotopic (exact) mass is 324 g/mol. The molecule has 1 aliphatic heterocycles. The first-order valence-corrected chi connectivity index (χ1v) is 8.18. The van der Waals surface area contributed by atoms with Gasteiger partial charge in [-0.2, -0.15) is 0 Å². The number of hydrogen-bond donors (Lipinski definition) is 1. The maximum Gasteiger partial charge on any atom is 0.238 e. The molecule has 1 N–H and O–H groups in total. The predicted octanol–water partition coefficient (Wildman–Crippen LogP) is 2.97. The molecule has 0 bridgehead atoms. The third-order valence-corrected chi connectivity index (χ3v) is 4.68. The molecule has 0 unspecified atom stereocenters. The van der Waals surface area contributed by atoms with Crippen molar-refractivity contribution in [2.24, 2.45) is 0 Å². The van der Waals surface area contributed by atoms with Crippen LogP contribution in [0.25, 0.3) is 0 Å². The summed E-state index contributed by atoms with van der Waals surface area (Å²) in [6.45, 7) is 0.587. The Bertz CT molecular complexity index is 775. The van der Waals surface area contributed by atoms with Crippen LogP contribution >= 0.6 is 0 Å². The van der Waals surface area contributed by atoms with Crippen LogP contribution in [0.1, 0.15) is 23.6 Å². The van der Waals surface area contributed by atoms with E-state index in [1.807, 2.05) is 19.2 Å². The zero-order chi connectivity index (χ0) is 16.5. The molecule has 1 aliphatic carbocycles. The van der Waals surface area contributed by atoms with Crippen LogP contribution in [-0.2, 0) is 11.2 Å². The summed E-state index contributed by atoms with van der Waals surface area (Å²) in [5.74, 6) is 1.36. The molecule has 2 aromatic rings. The molecule has 1 atom stereocenters. The second-order valence-electron chi connectivity index (χ2n) is 6.28. The molecule has 0 saturated carbocycles. The Labute approximate surface area is 141 Å². The lowest BCUT2D eigenvalue weighted by Crippen LogP contribution is -2.32. The quantitative estimate of drug-likeness (QED) is 0.939. The second kappa shape index (κ2) is 6.17. The number of nitrogens with one attached hydrogen (secondary N) is 1. The van der Waals surface area contributed by atoms with E-state index in [0.29, 0.717) is 24.1 Å². The minimum absolute atomic E-state index is 0.0271. The van der Waals surface area contributed by atoms with E-state index in [2.05, 4.69) is 34.5 Å². The second-order valence-corrected chi connectivity index (χ2v) is 6.28. The van der Waals surface area contributed by atoms with E-state index in [0.717, 1.165) is 18.5 Å². The molecular formula is C19H20N2O3. The first-order valence-electron chi connectivity index (χ1n) is 8.18. The molecule has 5 nitrogen and oxygen atoms in total. The molecule has 2 aromatic carbocycles. The number of amides is 1. The highest BCUT2D eigenvalue weighted by Gasteiger charge is 2.26. The summed E-state index contributed by atoms with van der Waals surface area (Å²) in [5, 5.41) is 2.93. The summed E-state index contributed by atoms with van der Waals surface area (Å²) < 4.78 is 10.6. The number of fused-ring (bicyclic) bond motifs is 2. The van der Waals surface area contributed by atoms with E-state index < -0.39 is 0 Å². The number of aryl methyl sites for hydroxylation is 1. The first-order chi connectivity index (χ1) is 11.7. The predicted molar refractivity (Wildman–Crippen MR) is 91.3 cm³/mol. The summed E-state index contributed by atoms with van der Waals surface area (Å²) >= 11 is 0. The first kappa shape index (κ1) is 15.0. The highest BCUT2D eigenvalue weighted by atomic mass is 16.7. The van der Waals surface area contributed by atoms with E-state index in [9.17, 15) is 4.79 Å². The Hall–Kier alpha value is -2.53. The highest BCUT2D eigenvalue weighted by molar-refractivity contribution is 5.92. The van der Waals surface area contributed by atoms with Gasteiger partial charge in [0, 0.05) is 17.8 Å². The summed E-state index contributed by atoms with van der Waals surface area (Å²) in [4.78, 5) is 14.5. The van der Waals surface area contributed by atoms with Crippen molar-refractivity contribution in [1.29, 1.82) is 0 Å². The lowest BCUT2D eigenvalue weighted by molar-refractivity contribution is -0.117. The van der Waals surface area contributed by atoms with Crippen molar-refractivity contribution >= 4 is 11.6 Å². The van der Waals surface area contributed by atoms with Crippen LogP contribution in [0.3, 0.4) is 0 Å². The Morgan fingerprint density at radius 3 is 2.96 bits per heavy atom. The van der Waals surface area contributed by atoms with Crippen molar-refractivity contribution < 1.29 is 14.3 Å². The third kappa shape index (κ3) is 2.83. The van der Waals surface area contributed by atoms with Crippen LogP contribution in [0.4, 0.5) is 5.69 Å². The molecule has 0 fully saturated rings. The zero-order valence-electron chi connectivity index (χ0n) is 13.6. The largest absolute Gasteiger partial charge is 0.454 e.